The van der Waals surface area contributed by atoms with E-state index in [1.807, 2.05) is 12.1 Å². The number of carbonyl (C=O) groups excluding carboxylic acids is 1. The molecule has 2 unspecified atom stereocenters. The van der Waals surface area contributed by atoms with Gasteiger partial charge in [0.15, 0.2) is 0 Å². The summed E-state index contributed by atoms with van der Waals surface area (Å²) in [6.07, 6.45) is 6.72. The van der Waals surface area contributed by atoms with E-state index in [-0.39, 0.29) is 18.1 Å². The lowest BCUT2D eigenvalue weighted by molar-refractivity contribution is -0.121. The maximum atomic E-state index is 12.2. The zero-order valence-corrected chi connectivity index (χ0v) is 14.7. The minimum absolute atomic E-state index is 0.120. The van der Waals surface area contributed by atoms with Crippen LogP contribution in [-0.4, -0.2) is 47.2 Å². The fourth-order valence-electron chi connectivity index (χ4n) is 4.06. The van der Waals surface area contributed by atoms with Gasteiger partial charge in [-0.15, -0.1) is 0 Å². The average molecular weight is 330 g/mol. The first-order chi connectivity index (χ1) is 11.6. The minimum Gasteiger partial charge on any atom is -0.391 e. The van der Waals surface area contributed by atoms with Crippen molar-refractivity contribution in [3.05, 3.63) is 35.4 Å². The molecule has 132 valence electrons. The van der Waals surface area contributed by atoms with Gasteiger partial charge in [0.1, 0.15) is 0 Å². The van der Waals surface area contributed by atoms with E-state index < -0.39 is 0 Å². The molecule has 24 heavy (non-hydrogen) atoms. The summed E-state index contributed by atoms with van der Waals surface area (Å²) in [5, 5.41) is 13.4. The minimum atomic E-state index is -0.161. The highest BCUT2D eigenvalue weighted by Gasteiger charge is 2.31. The second kappa shape index (κ2) is 8.13. The number of nitrogens with zero attached hydrogens (tertiary/aromatic N) is 1. The Morgan fingerprint density at radius 1 is 1.12 bits per heavy atom. The smallest absolute Gasteiger partial charge is 0.224 e. The Morgan fingerprint density at radius 3 is 2.46 bits per heavy atom. The number of benzene rings is 1. The Hall–Kier alpha value is -1.39. The lowest BCUT2D eigenvalue weighted by Gasteiger charge is -2.41. The molecule has 1 saturated heterocycles. The SMILES string of the molecule is Cc1ccc(CC(=O)NC2CCN(C3CCCCC3O)CC2)cc1. The van der Waals surface area contributed by atoms with Crippen molar-refractivity contribution in [1.82, 2.24) is 10.2 Å². The van der Waals surface area contributed by atoms with E-state index in [1.165, 1.54) is 12.0 Å². The third-order valence-electron chi connectivity index (χ3n) is 5.54. The Bertz CT molecular complexity index is 535. The zero-order chi connectivity index (χ0) is 16.9. The van der Waals surface area contributed by atoms with Crippen molar-refractivity contribution < 1.29 is 9.90 Å². The van der Waals surface area contributed by atoms with Crippen LogP contribution in [0.15, 0.2) is 24.3 Å². The van der Waals surface area contributed by atoms with Gasteiger partial charge in [0.05, 0.1) is 12.5 Å². The molecule has 1 aliphatic carbocycles. The number of nitrogens with one attached hydrogen (secondary N) is 1. The highest BCUT2D eigenvalue weighted by atomic mass is 16.3. The molecule has 1 aliphatic heterocycles. The van der Waals surface area contributed by atoms with Crippen LogP contribution in [0.3, 0.4) is 0 Å². The van der Waals surface area contributed by atoms with Crippen LogP contribution in [0, 0.1) is 6.92 Å². The van der Waals surface area contributed by atoms with Gasteiger partial charge in [0.25, 0.3) is 0 Å². The molecular formula is C20H30N2O2. The van der Waals surface area contributed by atoms with Crippen LogP contribution in [-0.2, 0) is 11.2 Å². The molecule has 4 heteroatoms. The van der Waals surface area contributed by atoms with Gasteiger partial charge in [0.2, 0.25) is 5.91 Å². The van der Waals surface area contributed by atoms with Crippen molar-refractivity contribution in [2.24, 2.45) is 0 Å². The maximum absolute atomic E-state index is 12.2. The average Bonchev–Trinajstić information content (AvgIpc) is 2.58. The summed E-state index contributed by atoms with van der Waals surface area (Å²) in [6.45, 7) is 4.02. The number of amides is 1. The summed E-state index contributed by atoms with van der Waals surface area (Å²) in [5.41, 5.74) is 2.29. The van der Waals surface area contributed by atoms with Crippen LogP contribution in [0.5, 0.6) is 0 Å². The molecule has 3 rings (SSSR count). The molecule has 2 N–H and O–H groups in total. The van der Waals surface area contributed by atoms with E-state index in [1.54, 1.807) is 0 Å². The molecule has 0 aromatic heterocycles. The fraction of sp³-hybridized carbons (Fsp3) is 0.650. The first kappa shape index (κ1) is 17.4. The Labute approximate surface area is 145 Å². The molecule has 1 aromatic rings. The van der Waals surface area contributed by atoms with Crippen LogP contribution in [0.25, 0.3) is 0 Å². The van der Waals surface area contributed by atoms with E-state index in [2.05, 4.69) is 29.3 Å². The first-order valence-corrected chi connectivity index (χ1v) is 9.39. The fourth-order valence-corrected chi connectivity index (χ4v) is 4.06. The summed E-state index contributed by atoms with van der Waals surface area (Å²) in [7, 11) is 0. The maximum Gasteiger partial charge on any atom is 0.224 e. The summed E-state index contributed by atoms with van der Waals surface area (Å²) >= 11 is 0. The number of hydrogen-bond donors (Lipinski definition) is 2. The van der Waals surface area contributed by atoms with E-state index in [9.17, 15) is 9.90 Å². The van der Waals surface area contributed by atoms with Gasteiger partial charge in [-0.1, -0.05) is 42.7 Å². The molecule has 1 amide bonds. The molecule has 1 saturated carbocycles. The lowest BCUT2D eigenvalue weighted by Crippen LogP contribution is -2.52. The quantitative estimate of drug-likeness (QED) is 0.891. The molecule has 1 heterocycles. The van der Waals surface area contributed by atoms with Crippen molar-refractivity contribution in [3.8, 4) is 0 Å². The van der Waals surface area contributed by atoms with Gasteiger partial charge >= 0.3 is 0 Å². The van der Waals surface area contributed by atoms with Crippen LogP contribution >= 0.6 is 0 Å². The second-order valence-corrected chi connectivity index (χ2v) is 7.46. The predicted octanol–water partition coefficient (Wildman–Crippen LogP) is 2.42. The predicted molar refractivity (Wildman–Crippen MR) is 95.9 cm³/mol. The molecular weight excluding hydrogens is 300 g/mol. The van der Waals surface area contributed by atoms with E-state index >= 15 is 0 Å². The first-order valence-electron chi connectivity index (χ1n) is 9.39. The molecule has 2 fully saturated rings. The van der Waals surface area contributed by atoms with Crippen molar-refractivity contribution in [2.45, 2.75) is 70.1 Å². The van der Waals surface area contributed by atoms with Crippen LogP contribution < -0.4 is 5.32 Å². The van der Waals surface area contributed by atoms with E-state index in [4.69, 9.17) is 0 Å². The van der Waals surface area contributed by atoms with Crippen molar-refractivity contribution in [3.63, 3.8) is 0 Å². The van der Waals surface area contributed by atoms with E-state index in [0.717, 1.165) is 50.8 Å². The molecule has 0 spiro atoms. The lowest BCUT2D eigenvalue weighted by atomic mass is 9.89. The topological polar surface area (TPSA) is 52.6 Å². The number of hydrogen-bond acceptors (Lipinski definition) is 3. The van der Waals surface area contributed by atoms with Crippen LogP contribution in [0.4, 0.5) is 0 Å². The highest BCUT2D eigenvalue weighted by Crippen LogP contribution is 2.25. The number of aliphatic hydroxyl groups excluding tert-OH is 1. The second-order valence-electron chi connectivity index (χ2n) is 7.46. The molecule has 2 aliphatic rings. The van der Waals surface area contributed by atoms with Crippen molar-refractivity contribution in [1.29, 1.82) is 0 Å². The molecule has 2 atom stereocenters. The molecule has 0 bridgehead atoms. The zero-order valence-electron chi connectivity index (χ0n) is 14.7. The van der Waals surface area contributed by atoms with Gasteiger partial charge in [-0.05, 0) is 38.2 Å². The number of likely N-dealkylation sites (tertiary alicyclic amines) is 1. The van der Waals surface area contributed by atoms with Crippen LogP contribution in [0.1, 0.15) is 49.7 Å². The summed E-state index contributed by atoms with van der Waals surface area (Å²) in [5.74, 6) is 0.120. The standard InChI is InChI=1S/C20H30N2O2/c1-15-6-8-16(9-7-15)14-20(24)21-17-10-12-22(13-11-17)18-4-2-3-5-19(18)23/h6-9,17-19,23H,2-5,10-14H2,1H3,(H,21,24). The Balaban J connectivity index is 1.43. The number of carbonyl (C=O) groups is 1. The number of aliphatic hydroxyl groups is 1. The monoisotopic (exact) mass is 330 g/mol. The third kappa shape index (κ3) is 4.58. The Morgan fingerprint density at radius 2 is 1.79 bits per heavy atom. The van der Waals surface area contributed by atoms with Gasteiger partial charge in [-0.25, -0.2) is 0 Å². The third-order valence-corrected chi connectivity index (χ3v) is 5.54. The van der Waals surface area contributed by atoms with Crippen molar-refractivity contribution in [2.75, 3.05) is 13.1 Å². The van der Waals surface area contributed by atoms with Gasteiger partial charge in [-0.2, -0.15) is 0 Å². The highest BCUT2D eigenvalue weighted by molar-refractivity contribution is 5.78. The van der Waals surface area contributed by atoms with Gasteiger partial charge in [0, 0.05) is 25.2 Å². The summed E-state index contributed by atoms with van der Waals surface area (Å²) in [4.78, 5) is 14.7. The van der Waals surface area contributed by atoms with Gasteiger partial charge < -0.3 is 10.4 Å². The van der Waals surface area contributed by atoms with E-state index in [0.29, 0.717) is 12.5 Å². The largest absolute Gasteiger partial charge is 0.391 e. The normalized spacial score (nSPS) is 26.2. The number of rotatable bonds is 4. The number of piperidine rings is 1. The molecule has 4 nitrogen and oxygen atoms in total. The Kier molecular flexibility index (Phi) is 5.90. The van der Waals surface area contributed by atoms with Crippen molar-refractivity contribution >= 4 is 5.91 Å². The number of aryl methyl sites for hydroxylation is 1. The molecule has 0 radical (unpaired) electrons. The molecule has 1 aromatic carbocycles. The summed E-state index contributed by atoms with van der Waals surface area (Å²) < 4.78 is 0. The van der Waals surface area contributed by atoms with Gasteiger partial charge in [-0.3, -0.25) is 9.69 Å². The van der Waals surface area contributed by atoms with Crippen LogP contribution in [0.2, 0.25) is 0 Å². The summed E-state index contributed by atoms with van der Waals surface area (Å²) in [6, 6.07) is 8.78.